The zero-order valence-corrected chi connectivity index (χ0v) is 7.36. The topological polar surface area (TPSA) is 62.3 Å². The van der Waals surface area contributed by atoms with Crippen LogP contribution >= 0.6 is 0 Å². The highest BCUT2D eigenvalue weighted by molar-refractivity contribution is 4.97. The van der Waals surface area contributed by atoms with Crippen molar-refractivity contribution in [1.29, 1.82) is 5.26 Å². The molecule has 12 heavy (non-hydrogen) atoms. The van der Waals surface area contributed by atoms with Crippen LogP contribution in [-0.4, -0.2) is 43.3 Å². The number of nitrogens with two attached hydrogens (primary N) is 1. The number of rotatable bonds is 2. The summed E-state index contributed by atoms with van der Waals surface area (Å²) in [6.45, 7) is 4.93. The Morgan fingerprint density at radius 1 is 1.50 bits per heavy atom. The maximum Gasteiger partial charge on any atom is 0.113 e. The van der Waals surface area contributed by atoms with Gasteiger partial charge in [-0.05, 0) is 6.92 Å². The van der Waals surface area contributed by atoms with Crippen molar-refractivity contribution >= 4 is 0 Å². The van der Waals surface area contributed by atoms with Gasteiger partial charge in [-0.1, -0.05) is 0 Å². The summed E-state index contributed by atoms with van der Waals surface area (Å²) in [4.78, 5) is 2.08. The van der Waals surface area contributed by atoms with Crippen molar-refractivity contribution < 1.29 is 4.74 Å². The first-order chi connectivity index (χ1) is 5.75. The van der Waals surface area contributed by atoms with E-state index in [9.17, 15) is 0 Å². The van der Waals surface area contributed by atoms with Crippen LogP contribution in [0.1, 0.15) is 6.92 Å². The van der Waals surface area contributed by atoms with E-state index in [0.717, 1.165) is 13.1 Å². The van der Waals surface area contributed by atoms with Gasteiger partial charge in [-0.25, -0.2) is 0 Å². The van der Waals surface area contributed by atoms with Crippen molar-refractivity contribution in [3.8, 4) is 6.07 Å². The zero-order chi connectivity index (χ0) is 8.97. The van der Waals surface area contributed by atoms with Gasteiger partial charge < -0.3 is 10.5 Å². The summed E-state index contributed by atoms with van der Waals surface area (Å²) >= 11 is 0. The van der Waals surface area contributed by atoms with Crippen molar-refractivity contribution in [2.24, 2.45) is 5.73 Å². The summed E-state index contributed by atoms with van der Waals surface area (Å²) in [5, 5.41) is 8.84. The molecular weight excluding hydrogens is 154 g/mol. The molecule has 4 nitrogen and oxygen atoms in total. The summed E-state index contributed by atoms with van der Waals surface area (Å²) < 4.78 is 5.18. The summed E-state index contributed by atoms with van der Waals surface area (Å²) in [7, 11) is 0. The average Bonchev–Trinajstić information content (AvgIpc) is 2.07. The first-order valence-corrected chi connectivity index (χ1v) is 4.22. The standard InChI is InChI=1S/C8H15N3O/c1-7(10)8(6-9)11-2-4-12-5-3-11/h7-8H,2-5,10H2,1H3/t7-,8-/m0/s1. The monoisotopic (exact) mass is 169 g/mol. The molecule has 1 saturated heterocycles. The third kappa shape index (κ3) is 2.18. The third-order valence-corrected chi connectivity index (χ3v) is 2.07. The summed E-state index contributed by atoms with van der Waals surface area (Å²) in [5.74, 6) is 0. The van der Waals surface area contributed by atoms with Crippen LogP contribution in [0, 0.1) is 11.3 Å². The van der Waals surface area contributed by atoms with Crippen molar-refractivity contribution in [3.05, 3.63) is 0 Å². The molecule has 0 aromatic rings. The quantitative estimate of drug-likeness (QED) is 0.608. The lowest BCUT2D eigenvalue weighted by molar-refractivity contribution is 0.0236. The molecule has 1 aliphatic heterocycles. The van der Waals surface area contributed by atoms with Gasteiger partial charge >= 0.3 is 0 Å². The van der Waals surface area contributed by atoms with Crippen molar-refractivity contribution in [2.45, 2.75) is 19.0 Å². The minimum absolute atomic E-state index is 0.0897. The first kappa shape index (κ1) is 9.46. The molecule has 0 radical (unpaired) electrons. The van der Waals surface area contributed by atoms with Crippen LogP contribution in [0.15, 0.2) is 0 Å². The largest absolute Gasteiger partial charge is 0.379 e. The first-order valence-electron chi connectivity index (χ1n) is 4.22. The second kappa shape index (κ2) is 4.41. The van der Waals surface area contributed by atoms with Gasteiger partial charge in [-0.3, -0.25) is 4.90 Å². The second-order valence-electron chi connectivity index (χ2n) is 3.08. The maximum absolute atomic E-state index is 8.84. The lowest BCUT2D eigenvalue weighted by Gasteiger charge is -2.32. The van der Waals surface area contributed by atoms with Gasteiger partial charge in [0.05, 0.1) is 19.3 Å². The van der Waals surface area contributed by atoms with Crippen molar-refractivity contribution in [1.82, 2.24) is 4.90 Å². The van der Waals surface area contributed by atoms with Gasteiger partial charge in [0, 0.05) is 19.1 Å². The van der Waals surface area contributed by atoms with E-state index in [0.29, 0.717) is 13.2 Å². The van der Waals surface area contributed by atoms with E-state index in [1.807, 2.05) is 6.92 Å². The second-order valence-corrected chi connectivity index (χ2v) is 3.08. The van der Waals surface area contributed by atoms with Crippen LogP contribution in [0.4, 0.5) is 0 Å². The molecule has 0 aromatic carbocycles. The molecule has 0 spiro atoms. The Labute approximate surface area is 72.9 Å². The Kier molecular flexibility index (Phi) is 3.48. The fraction of sp³-hybridized carbons (Fsp3) is 0.875. The Hall–Kier alpha value is -0.630. The summed E-state index contributed by atoms with van der Waals surface area (Å²) in [6, 6.07) is 1.97. The Morgan fingerprint density at radius 3 is 2.50 bits per heavy atom. The molecule has 0 aromatic heterocycles. The van der Waals surface area contributed by atoms with Crippen LogP contribution < -0.4 is 5.73 Å². The minimum atomic E-state index is -0.158. The van der Waals surface area contributed by atoms with Gasteiger partial charge in [0.2, 0.25) is 0 Å². The predicted octanol–water partition coefficient (Wildman–Crippen LogP) is -0.442. The SMILES string of the molecule is C[C@H](N)[C@H](C#N)N1CCOCC1. The Morgan fingerprint density at radius 2 is 2.08 bits per heavy atom. The molecule has 0 bridgehead atoms. The summed E-state index contributed by atoms with van der Waals surface area (Å²) in [5.41, 5.74) is 5.67. The molecule has 2 N–H and O–H groups in total. The fourth-order valence-electron chi connectivity index (χ4n) is 1.39. The number of ether oxygens (including phenoxy) is 1. The maximum atomic E-state index is 8.84. The smallest absolute Gasteiger partial charge is 0.113 e. The minimum Gasteiger partial charge on any atom is -0.379 e. The predicted molar refractivity (Wildman–Crippen MR) is 45.4 cm³/mol. The molecule has 0 saturated carbocycles. The van der Waals surface area contributed by atoms with Crippen molar-refractivity contribution in [2.75, 3.05) is 26.3 Å². The van der Waals surface area contributed by atoms with Gasteiger partial charge in [0.25, 0.3) is 0 Å². The number of hydrogen-bond acceptors (Lipinski definition) is 4. The lowest BCUT2D eigenvalue weighted by Crippen LogP contribution is -2.50. The van der Waals surface area contributed by atoms with E-state index in [2.05, 4.69) is 11.0 Å². The van der Waals surface area contributed by atoms with Crippen LogP contribution in [0.25, 0.3) is 0 Å². The molecule has 0 unspecified atom stereocenters. The van der Waals surface area contributed by atoms with E-state index < -0.39 is 0 Å². The summed E-state index contributed by atoms with van der Waals surface area (Å²) in [6.07, 6.45) is 0. The molecule has 1 rings (SSSR count). The molecule has 1 heterocycles. The molecule has 2 atom stereocenters. The van der Waals surface area contributed by atoms with Crippen LogP contribution in [0.3, 0.4) is 0 Å². The Bertz CT molecular complexity index is 170. The van der Waals surface area contributed by atoms with E-state index in [-0.39, 0.29) is 12.1 Å². The van der Waals surface area contributed by atoms with E-state index in [1.165, 1.54) is 0 Å². The number of nitrogens with zero attached hydrogens (tertiary/aromatic N) is 2. The van der Waals surface area contributed by atoms with E-state index in [1.54, 1.807) is 0 Å². The zero-order valence-electron chi connectivity index (χ0n) is 7.36. The lowest BCUT2D eigenvalue weighted by atomic mass is 10.1. The van der Waals surface area contributed by atoms with Gasteiger partial charge in [0.1, 0.15) is 6.04 Å². The number of nitriles is 1. The molecule has 68 valence electrons. The highest BCUT2D eigenvalue weighted by Crippen LogP contribution is 2.05. The third-order valence-electron chi connectivity index (χ3n) is 2.07. The van der Waals surface area contributed by atoms with E-state index in [4.69, 9.17) is 15.7 Å². The van der Waals surface area contributed by atoms with Crippen LogP contribution in [-0.2, 0) is 4.74 Å². The number of hydrogen-bond donors (Lipinski definition) is 1. The molecule has 0 amide bonds. The normalized spacial score (nSPS) is 24.4. The molecule has 4 heteroatoms. The number of morpholine rings is 1. The van der Waals surface area contributed by atoms with Gasteiger partial charge in [-0.2, -0.15) is 5.26 Å². The van der Waals surface area contributed by atoms with E-state index >= 15 is 0 Å². The fourth-order valence-corrected chi connectivity index (χ4v) is 1.39. The Balaban J connectivity index is 2.47. The van der Waals surface area contributed by atoms with Crippen LogP contribution in [0.2, 0.25) is 0 Å². The molecular formula is C8H15N3O. The molecule has 1 aliphatic rings. The van der Waals surface area contributed by atoms with Crippen LogP contribution in [0.5, 0.6) is 0 Å². The molecule has 0 aliphatic carbocycles. The highest BCUT2D eigenvalue weighted by atomic mass is 16.5. The van der Waals surface area contributed by atoms with Gasteiger partial charge in [-0.15, -0.1) is 0 Å². The molecule has 1 fully saturated rings. The van der Waals surface area contributed by atoms with Gasteiger partial charge in [0.15, 0.2) is 0 Å². The average molecular weight is 169 g/mol. The highest BCUT2D eigenvalue weighted by Gasteiger charge is 2.23. The van der Waals surface area contributed by atoms with Crippen molar-refractivity contribution in [3.63, 3.8) is 0 Å².